The average Bonchev–Trinajstić information content (AvgIpc) is 1.97. The van der Waals surface area contributed by atoms with Gasteiger partial charge in [0.1, 0.15) is 6.10 Å². The largest absolute Gasteiger partial charge is 0.406 e. The SMILES string of the molecule is CCC(O[Si](C)(C)C(C)(C)C)C(=O)Cl. The van der Waals surface area contributed by atoms with E-state index in [1.54, 1.807) is 0 Å². The van der Waals surface area contributed by atoms with Gasteiger partial charge in [-0.25, -0.2) is 0 Å². The lowest BCUT2D eigenvalue weighted by Gasteiger charge is -2.38. The van der Waals surface area contributed by atoms with Crippen LogP contribution >= 0.6 is 11.6 Å². The molecule has 0 N–H and O–H groups in total. The van der Waals surface area contributed by atoms with Crippen LogP contribution in [0.15, 0.2) is 0 Å². The average molecular weight is 237 g/mol. The second kappa shape index (κ2) is 4.77. The predicted molar refractivity (Wildman–Crippen MR) is 63.2 cm³/mol. The molecule has 0 aliphatic rings. The van der Waals surface area contributed by atoms with E-state index in [0.717, 1.165) is 0 Å². The molecule has 0 bridgehead atoms. The zero-order chi connectivity index (χ0) is 11.6. The molecule has 0 aliphatic heterocycles. The molecule has 0 radical (unpaired) electrons. The Morgan fingerprint density at radius 1 is 1.43 bits per heavy atom. The topological polar surface area (TPSA) is 26.3 Å². The number of carbonyl (C=O) groups excluding carboxylic acids is 1. The van der Waals surface area contributed by atoms with Gasteiger partial charge >= 0.3 is 0 Å². The molecule has 2 nitrogen and oxygen atoms in total. The van der Waals surface area contributed by atoms with Crippen molar-refractivity contribution in [3.8, 4) is 0 Å². The maximum absolute atomic E-state index is 11.0. The zero-order valence-electron chi connectivity index (χ0n) is 9.98. The van der Waals surface area contributed by atoms with Crippen LogP contribution in [0.25, 0.3) is 0 Å². The van der Waals surface area contributed by atoms with Crippen molar-refractivity contribution in [2.45, 2.75) is 58.4 Å². The molecular formula is C10H21ClO2Si. The minimum atomic E-state index is -1.86. The van der Waals surface area contributed by atoms with E-state index < -0.39 is 14.4 Å². The fourth-order valence-corrected chi connectivity index (χ4v) is 2.43. The molecule has 1 unspecified atom stereocenters. The van der Waals surface area contributed by atoms with Crippen molar-refractivity contribution < 1.29 is 9.22 Å². The standard InChI is InChI=1S/C10H21ClO2Si/c1-7-8(9(11)12)13-14(5,6)10(2,3)4/h8H,7H2,1-6H3. The molecule has 0 amide bonds. The van der Waals surface area contributed by atoms with Crippen molar-refractivity contribution in [2.24, 2.45) is 0 Å². The summed E-state index contributed by atoms with van der Waals surface area (Å²) in [5.74, 6) is 0. The Morgan fingerprint density at radius 2 is 1.86 bits per heavy atom. The van der Waals surface area contributed by atoms with Gasteiger partial charge in [-0.3, -0.25) is 4.79 Å². The van der Waals surface area contributed by atoms with Gasteiger partial charge in [0.2, 0.25) is 5.24 Å². The fourth-order valence-electron chi connectivity index (χ4n) is 0.823. The van der Waals surface area contributed by atoms with Crippen molar-refractivity contribution in [2.75, 3.05) is 0 Å². The molecule has 14 heavy (non-hydrogen) atoms. The zero-order valence-corrected chi connectivity index (χ0v) is 11.7. The predicted octanol–water partition coefficient (Wildman–Crippen LogP) is 3.55. The highest BCUT2D eigenvalue weighted by molar-refractivity contribution is 6.75. The maximum Gasteiger partial charge on any atom is 0.249 e. The number of carbonyl (C=O) groups is 1. The molecule has 0 aliphatic carbocycles. The molecule has 0 aromatic heterocycles. The van der Waals surface area contributed by atoms with Gasteiger partial charge in [-0.15, -0.1) is 0 Å². The van der Waals surface area contributed by atoms with Crippen molar-refractivity contribution in [1.29, 1.82) is 0 Å². The Balaban J connectivity index is 4.56. The van der Waals surface area contributed by atoms with Gasteiger partial charge in [0, 0.05) is 0 Å². The van der Waals surface area contributed by atoms with Crippen LogP contribution in [0.1, 0.15) is 34.1 Å². The molecule has 0 heterocycles. The lowest BCUT2D eigenvalue weighted by molar-refractivity contribution is -0.118. The van der Waals surface area contributed by atoms with E-state index in [-0.39, 0.29) is 10.3 Å². The lowest BCUT2D eigenvalue weighted by Crippen LogP contribution is -2.45. The molecule has 0 saturated carbocycles. The van der Waals surface area contributed by atoms with E-state index in [2.05, 4.69) is 33.9 Å². The van der Waals surface area contributed by atoms with Gasteiger partial charge in [-0.2, -0.15) is 0 Å². The summed E-state index contributed by atoms with van der Waals surface area (Å²) in [4.78, 5) is 11.0. The summed E-state index contributed by atoms with van der Waals surface area (Å²) in [6.45, 7) is 12.6. The van der Waals surface area contributed by atoms with Crippen LogP contribution in [-0.2, 0) is 9.22 Å². The Morgan fingerprint density at radius 3 is 2.07 bits per heavy atom. The summed E-state index contributed by atoms with van der Waals surface area (Å²) in [6.07, 6.45) is 0.215. The van der Waals surface area contributed by atoms with Crippen LogP contribution in [0.2, 0.25) is 18.1 Å². The van der Waals surface area contributed by atoms with Crippen LogP contribution in [0, 0.1) is 0 Å². The van der Waals surface area contributed by atoms with Crippen LogP contribution in [0.3, 0.4) is 0 Å². The number of rotatable bonds is 4. The highest BCUT2D eigenvalue weighted by Crippen LogP contribution is 2.37. The Hall–Kier alpha value is 0.137. The summed E-state index contributed by atoms with van der Waals surface area (Å²) >= 11 is 5.46. The van der Waals surface area contributed by atoms with E-state index in [9.17, 15) is 4.79 Å². The molecular weight excluding hydrogens is 216 g/mol. The smallest absolute Gasteiger partial charge is 0.249 e. The number of hydrogen-bond acceptors (Lipinski definition) is 2. The monoisotopic (exact) mass is 236 g/mol. The molecule has 84 valence electrons. The minimum Gasteiger partial charge on any atom is -0.406 e. The second-order valence-electron chi connectivity index (χ2n) is 5.08. The molecule has 0 aromatic rings. The van der Waals surface area contributed by atoms with Gasteiger partial charge in [0.25, 0.3) is 0 Å². The van der Waals surface area contributed by atoms with Gasteiger partial charge < -0.3 is 4.43 Å². The maximum atomic E-state index is 11.0. The van der Waals surface area contributed by atoms with Crippen LogP contribution in [0.5, 0.6) is 0 Å². The number of hydrogen-bond donors (Lipinski definition) is 0. The molecule has 0 spiro atoms. The summed E-state index contributed by atoms with van der Waals surface area (Å²) in [7, 11) is -1.86. The van der Waals surface area contributed by atoms with E-state index in [1.165, 1.54) is 0 Å². The van der Waals surface area contributed by atoms with Gasteiger partial charge in [-0.1, -0.05) is 27.7 Å². The normalized spacial score (nSPS) is 15.4. The van der Waals surface area contributed by atoms with Crippen molar-refractivity contribution >= 4 is 25.2 Å². The van der Waals surface area contributed by atoms with Crippen molar-refractivity contribution in [3.05, 3.63) is 0 Å². The molecule has 4 heteroatoms. The molecule has 1 atom stereocenters. The van der Waals surface area contributed by atoms with Crippen molar-refractivity contribution in [1.82, 2.24) is 0 Å². The van der Waals surface area contributed by atoms with E-state index in [0.29, 0.717) is 6.42 Å². The van der Waals surface area contributed by atoms with Crippen LogP contribution in [-0.4, -0.2) is 19.7 Å². The van der Waals surface area contributed by atoms with E-state index in [4.69, 9.17) is 16.0 Å². The first-order chi connectivity index (χ1) is 6.12. The third kappa shape index (κ3) is 3.71. The fraction of sp³-hybridized carbons (Fsp3) is 0.900. The molecule has 0 aromatic carbocycles. The van der Waals surface area contributed by atoms with Crippen LogP contribution < -0.4 is 0 Å². The van der Waals surface area contributed by atoms with Gasteiger partial charge in [0.05, 0.1) is 0 Å². The second-order valence-corrected chi connectivity index (χ2v) is 10.2. The Kier molecular flexibility index (Phi) is 4.82. The molecule has 0 saturated heterocycles. The third-order valence-electron chi connectivity index (χ3n) is 2.87. The van der Waals surface area contributed by atoms with Crippen molar-refractivity contribution in [3.63, 3.8) is 0 Å². The summed E-state index contributed by atoms with van der Waals surface area (Å²) in [5, 5.41) is -0.260. The van der Waals surface area contributed by atoms with E-state index in [1.807, 2.05) is 6.92 Å². The molecule has 0 rings (SSSR count). The summed E-state index contributed by atoms with van der Waals surface area (Å²) < 4.78 is 5.87. The quantitative estimate of drug-likeness (QED) is 0.551. The number of halogens is 1. The van der Waals surface area contributed by atoms with Crippen LogP contribution in [0.4, 0.5) is 0 Å². The minimum absolute atomic E-state index is 0.118. The molecule has 0 fully saturated rings. The lowest BCUT2D eigenvalue weighted by atomic mass is 10.2. The summed E-state index contributed by atoms with van der Waals surface area (Å²) in [5.41, 5.74) is 0. The first-order valence-electron chi connectivity index (χ1n) is 4.99. The van der Waals surface area contributed by atoms with Gasteiger partial charge in [0.15, 0.2) is 8.32 Å². The first-order valence-corrected chi connectivity index (χ1v) is 8.27. The van der Waals surface area contributed by atoms with E-state index >= 15 is 0 Å². The Bertz CT molecular complexity index is 209. The third-order valence-corrected chi connectivity index (χ3v) is 7.60. The first kappa shape index (κ1) is 14.1. The highest BCUT2D eigenvalue weighted by Gasteiger charge is 2.39. The Labute approximate surface area is 93.1 Å². The summed E-state index contributed by atoms with van der Waals surface area (Å²) in [6, 6.07) is 0. The van der Waals surface area contributed by atoms with Gasteiger partial charge in [-0.05, 0) is 36.2 Å². The highest BCUT2D eigenvalue weighted by atomic mass is 35.5.